The van der Waals surface area contributed by atoms with Crippen LogP contribution in [0.25, 0.3) is 0 Å². The molecule has 0 aliphatic carbocycles. The third-order valence-electron chi connectivity index (χ3n) is 2.34. The van der Waals surface area contributed by atoms with E-state index in [2.05, 4.69) is 0 Å². The van der Waals surface area contributed by atoms with Crippen molar-refractivity contribution < 1.29 is 24.4 Å². The molecule has 0 aromatic heterocycles. The van der Waals surface area contributed by atoms with Gasteiger partial charge in [0.05, 0.1) is 19.3 Å². The molecule has 2 N–H and O–H groups in total. The molecule has 1 saturated heterocycles. The van der Waals surface area contributed by atoms with Crippen LogP contribution >= 0.6 is 0 Å². The van der Waals surface area contributed by atoms with E-state index in [1.54, 1.807) is 7.11 Å². The lowest BCUT2D eigenvalue weighted by molar-refractivity contribution is -0.0802. The summed E-state index contributed by atoms with van der Waals surface area (Å²) in [6.45, 7) is 1.96. The average molecular weight is 216 g/mol. The van der Waals surface area contributed by atoms with Gasteiger partial charge >= 0.3 is 0 Å². The topological polar surface area (TPSA) is 68.2 Å². The highest BCUT2D eigenvalue weighted by Crippen LogP contribution is 2.23. The van der Waals surface area contributed by atoms with Gasteiger partial charge in [-0.3, -0.25) is 0 Å². The zero-order chi connectivity index (χ0) is 11.4. The fourth-order valence-corrected chi connectivity index (χ4v) is 1.62. The van der Waals surface area contributed by atoms with Crippen LogP contribution in [-0.4, -0.2) is 68.8 Å². The Bertz CT molecular complexity index is 191. The Morgan fingerprint density at radius 2 is 2.20 bits per heavy atom. The van der Waals surface area contributed by atoms with Crippen LogP contribution in [0.2, 0.25) is 0 Å². The molecule has 1 fully saturated rings. The Hall–Kier alpha value is -0.135. The predicted octanol–water partition coefficient (Wildman–Crippen LogP) is -1.35. The minimum Gasteiger partial charge on any atom is -0.394 e. The van der Waals surface area contributed by atoms with Gasteiger partial charge < -0.3 is 24.4 Å². The van der Waals surface area contributed by atoms with Crippen molar-refractivity contribution in [2.45, 2.75) is 37.3 Å². The maximum atomic E-state index is 9.71. The molecule has 15 heavy (non-hydrogen) atoms. The molecule has 6 heteroatoms. The molecule has 5 nitrogen and oxygen atoms in total. The maximum absolute atomic E-state index is 9.71. The molecule has 1 aliphatic heterocycles. The van der Waals surface area contributed by atoms with Crippen molar-refractivity contribution in [3.8, 4) is 0 Å². The van der Waals surface area contributed by atoms with Gasteiger partial charge in [0.2, 0.25) is 0 Å². The minimum absolute atomic E-state index is 0.179. The molecule has 0 bridgehead atoms. The molecular weight excluding hydrogens is 199 g/mol. The van der Waals surface area contributed by atoms with Crippen LogP contribution in [0.5, 0.6) is 0 Å². The lowest BCUT2D eigenvalue weighted by atomic mass is 9.93. The smallest absolute Gasteiger partial charge is 0.112 e. The van der Waals surface area contributed by atoms with E-state index in [9.17, 15) is 5.11 Å². The van der Waals surface area contributed by atoms with Gasteiger partial charge in [0.1, 0.15) is 26.2 Å². The van der Waals surface area contributed by atoms with Crippen LogP contribution < -0.4 is 0 Å². The van der Waals surface area contributed by atoms with Crippen molar-refractivity contribution in [1.29, 1.82) is 0 Å². The quantitative estimate of drug-likeness (QED) is 0.556. The number of aliphatic hydroxyl groups excluding tert-OH is 2. The van der Waals surface area contributed by atoms with Gasteiger partial charge in [0, 0.05) is 13.1 Å². The van der Waals surface area contributed by atoms with Crippen molar-refractivity contribution in [2.24, 2.45) is 0 Å². The third kappa shape index (κ3) is 3.16. The van der Waals surface area contributed by atoms with Crippen molar-refractivity contribution in [2.75, 3.05) is 20.3 Å². The summed E-state index contributed by atoms with van der Waals surface area (Å²) in [6, 6.07) is -0.712. The fraction of sp³-hybridized carbons (Fsp3) is 1.00. The normalized spacial score (nSPS) is 38.1. The number of methoxy groups -OCH3 is 1. The second kappa shape index (κ2) is 5.82. The van der Waals surface area contributed by atoms with Gasteiger partial charge in [0.15, 0.2) is 0 Å². The summed E-state index contributed by atoms with van der Waals surface area (Å²) in [6.07, 6.45) is -2.36. The maximum Gasteiger partial charge on any atom is 0.112 e. The van der Waals surface area contributed by atoms with E-state index in [1.165, 1.54) is 0 Å². The average Bonchev–Trinajstić information content (AvgIpc) is 2.45. The lowest BCUT2D eigenvalue weighted by Crippen LogP contribution is -2.39. The molecule has 1 heterocycles. The summed E-state index contributed by atoms with van der Waals surface area (Å²) in [5.74, 6) is 0. The first-order valence-corrected chi connectivity index (χ1v) is 4.94. The Kier molecular flexibility index (Phi) is 5.01. The first-order chi connectivity index (χ1) is 7.10. The number of aliphatic hydroxyl groups is 2. The van der Waals surface area contributed by atoms with Crippen molar-refractivity contribution in [3.05, 3.63) is 0 Å². The van der Waals surface area contributed by atoms with Crippen LogP contribution in [0, 0.1) is 0 Å². The molecule has 5 atom stereocenters. The van der Waals surface area contributed by atoms with E-state index >= 15 is 0 Å². The first kappa shape index (κ1) is 12.9. The van der Waals surface area contributed by atoms with Crippen LogP contribution in [0.4, 0.5) is 0 Å². The minimum atomic E-state index is -0.899. The Labute approximate surface area is 90.7 Å². The monoisotopic (exact) mass is 216 g/mol. The number of hydrogen-bond donors (Lipinski definition) is 2. The van der Waals surface area contributed by atoms with E-state index in [1.807, 2.05) is 6.92 Å². The van der Waals surface area contributed by atoms with Crippen LogP contribution in [-0.2, 0) is 14.2 Å². The van der Waals surface area contributed by atoms with Gasteiger partial charge in [-0.1, -0.05) is 0 Å². The Balaban J connectivity index is 2.46. The fourth-order valence-electron chi connectivity index (χ4n) is 1.62. The van der Waals surface area contributed by atoms with Crippen LogP contribution in [0.1, 0.15) is 6.92 Å². The van der Waals surface area contributed by atoms with Crippen molar-refractivity contribution >= 4 is 7.85 Å². The number of ether oxygens (including phenoxy) is 3. The summed E-state index contributed by atoms with van der Waals surface area (Å²) >= 11 is 0. The molecule has 2 radical (unpaired) electrons. The number of hydrogen-bond acceptors (Lipinski definition) is 5. The second-order valence-electron chi connectivity index (χ2n) is 3.68. The van der Waals surface area contributed by atoms with E-state index in [4.69, 9.17) is 27.2 Å². The molecule has 0 aromatic carbocycles. The molecule has 0 amide bonds. The summed E-state index contributed by atoms with van der Waals surface area (Å²) < 4.78 is 15.5. The van der Waals surface area contributed by atoms with E-state index in [-0.39, 0.29) is 12.7 Å². The molecule has 3 unspecified atom stereocenters. The summed E-state index contributed by atoms with van der Waals surface area (Å²) in [5.41, 5.74) is 0. The van der Waals surface area contributed by atoms with Gasteiger partial charge in [-0.2, -0.15) is 0 Å². The van der Waals surface area contributed by atoms with Gasteiger partial charge in [-0.05, 0) is 6.92 Å². The highest BCUT2D eigenvalue weighted by molar-refractivity contribution is 6.11. The third-order valence-corrected chi connectivity index (χ3v) is 2.34. The number of rotatable bonds is 5. The second-order valence-corrected chi connectivity index (χ2v) is 3.68. The van der Waals surface area contributed by atoms with Crippen molar-refractivity contribution in [1.82, 2.24) is 0 Å². The van der Waals surface area contributed by atoms with E-state index in [0.717, 1.165) is 0 Å². The zero-order valence-electron chi connectivity index (χ0n) is 9.00. The van der Waals surface area contributed by atoms with Gasteiger partial charge in [-0.15, -0.1) is 0 Å². The van der Waals surface area contributed by atoms with Crippen LogP contribution in [0.3, 0.4) is 0 Å². The van der Waals surface area contributed by atoms with E-state index < -0.39 is 24.3 Å². The Morgan fingerprint density at radius 3 is 2.67 bits per heavy atom. The molecule has 0 saturated carbocycles. The van der Waals surface area contributed by atoms with E-state index in [0.29, 0.717) is 6.61 Å². The first-order valence-electron chi connectivity index (χ1n) is 4.94. The zero-order valence-corrected chi connectivity index (χ0v) is 9.00. The van der Waals surface area contributed by atoms with Crippen LogP contribution in [0.15, 0.2) is 0 Å². The molecule has 1 rings (SSSR count). The SMILES string of the molecule is [B][C@@H]1O[C@H](CO)C(O)C1OC(C)COC. The Morgan fingerprint density at radius 1 is 1.53 bits per heavy atom. The molecule has 86 valence electrons. The molecule has 1 aliphatic rings. The predicted molar refractivity (Wildman–Crippen MR) is 53.7 cm³/mol. The highest BCUT2D eigenvalue weighted by atomic mass is 16.6. The summed E-state index contributed by atoms with van der Waals surface area (Å²) in [4.78, 5) is 0. The summed E-state index contributed by atoms with van der Waals surface area (Å²) in [5, 5.41) is 18.6. The highest BCUT2D eigenvalue weighted by Gasteiger charge is 2.41. The largest absolute Gasteiger partial charge is 0.394 e. The van der Waals surface area contributed by atoms with Gasteiger partial charge in [-0.25, -0.2) is 0 Å². The standard InChI is InChI=1S/C9H17BO5/c1-5(4-13-2)14-8-7(12)6(3-11)15-9(8)10/h5-9,11-12H,3-4H2,1-2H3/t5?,6-,7?,8?,9-/m1/s1. The molecule has 0 aromatic rings. The lowest BCUT2D eigenvalue weighted by Gasteiger charge is -2.23. The molecular formula is C9H17BO5. The van der Waals surface area contributed by atoms with Crippen molar-refractivity contribution in [3.63, 3.8) is 0 Å². The molecule has 0 spiro atoms. The summed E-state index contributed by atoms with van der Waals surface area (Å²) in [7, 11) is 7.19. The van der Waals surface area contributed by atoms with Gasteiger partial charge in [0.25, 0.3) is 0 Å².